The molecule has 0 heterocycles. The molecule has 0 radical (unpaired) electrons. The van der Waals surface area contributed by atoms with Crippen LogP contribution in [-0.4, -0.2) is 5.78 Å². The normalized spacial score (nSPS) is 14.3. The van der Waals surface area contributed by atoms with E-state index < -0.39 is 0 Å². The van der Waals surface area contributed by atoms with Crippen molar-refractivity contribution < 1.29 is 4.79 Å². The van der Waals surface area contributed by atoms with Gasteiger partial charge >= 0.3 is 0 Å². The second kappa shape index (κ2) is 7.76. The van der Waals surface area contributed by atoms with E-state index in [-0.39, 0.29) is 5.78 Å². The molecular weight excluding hydrogens is 492 g/mol. The molecule has 5 aromatic rings. The smallest absolute Gasteiger partial charge is 0.195 e. The van der Waals surface area contributed by atoms with Crippen molar-refractivity contribution in [2.75, 3.05) is 0 Å². The molecule has 2 aliphatic rings. The molecule has 0 unspecified atom stereocenters. The Bertz CT molecular complexity index is 1740. The molecule has 164 valence electrons. The summed E-state index contributed by atoms with van der Waals surface area (Å²) in [7, 11) is 0. The lowest BCUT2D eigenvalue weighted by Crippen LogP contribution is -2.03. The minimum atomic E-state index is 0.0944. The van der Waals surface area contributed by atoms with Crippen molar-refractivity contribution in [1.29, 1.82) is 0 Å². The number of carbonyl (C=O) groups excluding carboxylic acids is 1. The second-order valence-corrected chi connectivity index (χ2v) is 9.82. The maximum atomic E-state index is 14.2. The summed E-state index contributed by atoms with van der Waals surface area (Å²) in [4.78, 5) is 14.2. The van der Waals surface area contributed by atoms with E-state index in [0.717, 1.165) is 60.1 Å². The van der Waals surface area contributed by atoms with Crippen molar-refractivity contribution >= 4 is 54.8 Å². The van der Waals surface area contributed by atoms with Gasteiger partial charge in [-0.25, -0.2) is 0 Å². The highest BCUT2D eigenvalue weighted by molar-refractivity contribution is 9.10. The van der Waals surface area contributed by atoms with E-state index in [1.54, 1.807) is 0 Å². The fourth-order valence-electron chi connectivity index (χ4n) is 5.57. The van der Waals surface area contributed by atoms with Gasteiger partial charge in [-0.15, -0.1) is 0 Å². The molecule has 5 aromatic carbocycles. The first-order chi connectivity index (χ1) is 17.2. The molecular formula is C33H19BrO. The van der Waals surface area contributed by atoms with Crippen LogP contribution in [0.1, 0.15) is 22.3 Å². The van der Waals surface area contributed by atoms with Crippen LogP contribution in [0.2, 0.25) is 0 Å². The van der Waals surface area contributed by atoms with Crippen molar-refractivity contribution in [3.63, 3.8) is 0 Å². The topological polar surface area (TPSA) is 17.1 Å². The average molecular weight is 511 g/mol. The summed E-state index contributed by atoms with van der Waals surface area (Å²) in [6.07, 6.45) is 0. The van der Waals surface area contributed by atoms with Gasteiger partial charge in [0.25, 0.3) is 0 Å². The Kier molecular flexibility index (Phi) is 4.52. The molecule has 0 saturated heterocycles. The Morgan fingerprint density at radius 2 is 1.03 bits per heavy atom. The Hall–Kier alpha value is -4.01. The van der Waals surface area contributed by atoms with Crippen molar-refractivity contribution in [2.24, 2.45) is 0 Å². The monoisotopic (exact) mass is 510 g/mol. The van der Waals surface area contributed by atoms with Crippen molar-refractivity contribution in [1.82, 2.24) is 0 Å². The Labute approximate surface area is 212 Å². The third-order valence-corrected chi connectivity index (χ3v) is 7.74. The third kappa shape index (κ3) is 2.97. The number of allylic oxidation sites excluding steroid dienone is 4. The standard InChI is InChI=1S/C33H19BrO/c34-27-18-17-26-30-24(27)15-8-16-25(30)31-29(33(35)28(32(26)31)21-11-5-2-6-12-21)23-14-7-13-22(19-23)20-9-3-1-4-10-20/h1-19H. The summed E-state index contributed by atoms with van der Waals surface area (Å²) in [6, 6.07) is 39.4. The summed E-state index contributed by atoms with van der Waals surface area (Å²) < 4.78 is 1.07. The summed E-state index contributed by atoms with van der Waals surface area (Å²) in [5.41, 5.74) is 10.1. The molecule has 0 aromatic heterocycles. The summed E-state index contributed by atoms with van der Waals surface area (Å²) >= 11 is 3.74. The molecule has 0 fully saturated rings. The highest BCUT2D eigenvalue weighted by Gasteiger charge is 2.40. The molecule has 2 heteroatoms. The fraction of sp³-hybridized carbons (Fsp3) is 0. The van der Waals surface area contributed by atoms with Crippen molar-refractivity contribution in [2.45, 2.75) is 0 Å². The van der Waals surface area contributed by atoms with Gasteiger partial charge in [-0.1, -0.05) is 119 Å². The predicted octanol–water partition coefficient (Wildman–Crippen LogP) is 8.69. The number of rotatable bonds is 3. The Morgan fingerprint density at radius 1 is 0.457 bits per heavy atom. The number of fused-ring (bicyclic) bond motifs is 3. The fourth-order valence-corrected chi connectivity index (χ4v) is 6.03. The molecule has 0 spiro atoms. The van der Waals surface area contributed by atoms with E-state index in [0.29, 0.717) is 0 Å². The maximum Gasteiger partial charge on any atom is 0.195 e. The molecule has 0 aliphatic heterocycles. The zero-order chi connectivity index (χ0) is 23.5. The number of hydrogen-bond acceptors (Lipinski definition) is 1. The van der Waals surface area contributed by atoms with Crippen LogP contribution >= 0.6 is 15.9 Å². The first kappa shape index (κ1) is 20.4. The lowest BCUT2D eigenvalue weighted by atomic mass is 9.91. The van der Waals surface area contributed by atoms with E-state index >= 15 is 0 Å². The molecule has 0 saturated carbocycles. The maximum absolute atomic E-state index is 14.2. The molecule has 0 bridgehead atoms. The minimum absolute atomic E-state index is 0.0944. The van der Waals surface area contributed by atoms with Gasteiger partial charge in [0.05, 0.1) is 0 Å². The molecule has 0 N–H and O–H groups in total. The number of carbonyl (C=O) groups is 1. The van der Waals surface area contributed by atoms with E-state index in [1.165, 1.54) is 10.8 Å². The number of halogens is 1. The number of ketones is 1. The number of hydrogen-bond donors (Lipinski definition) is 0. The van der Waals surface area contributed by atoms with Crippen LogP contribution in [0.4, 0.5) is 0 Å². The third-order valence-electron chi connectivity index (χ3n) is 7.05. The molecule has 1 nitrogen and oxygen atoms in total. The molecule has 2 aliphatic carbocycles. The van der Waals surface area contributed by atoms with Crippen LogP contribution in [0, 0.1) is 0 Å². The summed E-state index contributed by atoms with van der Waals surface area (Å²) in [5.74, 6) is 0.0944. The zero-order valence-electron chi connectivity index (χ0n) is 18.8. The van der Waals surface area contributed by atoms with Gasteiger partial charge in [0.2, 0.25) is 0 Å². The van der Waals surface area contributed by atoms with Crippen molar-refractivity contribution in [3.8, 4) is 11.1 Å². The van der Waals surface area contributed by atoms with Gasteiger partial charge in [-0.3, -0.25) is 4.79 Å². The largest absolute Gasteiger partial charge is 0.289 e. The SMILES string of the molecule is O=C1C(c2ccccc2)=C2C(=C1c1cccc(-c3ccccc3)c1)c1cccc3c(Br)ccc2c13. The van der Waals surface area contributed by atoms with Gasteiger partial charge in [0.15, 0.2) is 5.78 Å². The Balaban J connectivity index is 1.55. The highest BCUT2D eigenvalue weighted by Crippen LogP contribution is 2.57. The van der Waals surface area contributed by atoms with Crippen LogP contribution in [0.15, 0.2) is 120 Å². The van der Waals surface area contributed by atoms with E-state index in [2.05, 4.69) is 82.7 Å². The number of Topliss-reactive ketones (excluding diaryl/α,β-unsaturated/α-hetero) is 1. The minimum Gasteiger partial charge on any atom is -0.289 e. The van der Waals surface area contributed by atoms with Gasteiger partial charge in [-0.2, -0.15) is 0 Å². The van der Waals surface area contributed by atoms with Crippen LogP contribution < -0.4 is 0 Å². The van der Waals surface area contributed by atoms with Crippen LogP contribution in [0.5, 0.6) is 0 Å². The van der Waals surface area contributed by atoms with Gasteiger partial charge in [-0.05, 0) is 56.3 Å². The van der Waals surface area contributed by atoms with Crippen LogP contribution in [0.3, 0.4) is 0 Å². The molecule has 0 amide bonds. The van der Waals surface area contributed by atoms with E-state index in [1.807, 2.05) is 48.5 Å². The van der Waals surface area contributed by atoms with E-state index in [9.17, 15) is 4.79 Å². The van der Waals surface area contributed by atoms with Gasteiger partial charge < -0.3 is 0 Å². The molecule has 7 rings (SSSR count). The van der Waals surface area contributed by atoms with Gasteiger partial charge in [0.1, 0.15) is 0 Å². The Morgan fingerprint density at radius 3 is 1.77 bits per heavy atom. The van der Waals surface area contributed by atoms with Gasteiger partial charge in [0, 0.05) is 26.8 Å². The predicted molar refractivity (Wildman–Crippen MR) is 149 cm³/mol. The number of benzene rings is 5. The second-order valence-electron chi connectivity index (χ2n) is 8.97. The first-order valence-electron chi connectivity index (χ1n) is 11.7. The highest BCUT2D eigenvalue weighted by atomic mass is 79.9. The zero-order valence-corrected chi connectivity index (χ0v) is 20.3. The lowest BCUT2D eigenvalue weighted by Gasteiger charge is -2.11. The lowest BCUT2D eigenvalue weighted by molar-refractivity contribution is -0.108. The summed E-state index contributed by atoms with van der Waals surface area (Å²) in [5, 5.41) is 2.39. The van der Waals surface area contributed by atoms with E-state index in [4.69, 9.17) is 0 Å². The first-order valence-corrected chi connectivity index (χ1v) is 12.5. The van der Waals surface area contributed by atoms with Crippen LogP contribution in [0.25, 0.3) is 44.2 Å². The average Bonchev–Trinajstić information content (AvgIpc) is 3.39. The van der Waals surface area contributed by atoms with Crippen LogP contribution in [-0.2, 0) is 4.79 Å². The van der Waals surface area contributed by atoms with Crippen molar-refractivity contribution in [3.05, 3.63) is 142 Å². The molecule has 35 heavy (non-hydrogen) atoms. The molecule has 0 atom stereocenters. The quantitative estimate of drug-likeness (QED) is 0.237. The summed E-state index contributed by atoms with van der Waals surface area (Å²) in [6.45, 7) is 0.